The van der Waals surface area contributed by atoms with Crippen LogP contribution in [-0.2, 0) is 13.0 Å². The van der Waals surface area contributed by atoms with E-state index in [9.17, 15) is 9.90 Å². The van der Waals surface area contributed by atoms with Crippen molar-refractivity contribution in [1.29, 1.82) is 0 Å². The lowest BCUT2D eigenvalue weighted by Gasteiger charge is -2.18. The van der Waals surface area contributed by atoms with Gasteiger partial charge in [0.15, 0.2) is 11.5 Å². The molecule has 3 aromatic rings. The molecule has 6 heteroatoms. The second kappa shape index (κ2) is 7.82. The number of aromatic nitrogens is 1. The number of hydrogen-bond donors (Lipinski definition) is 3. The Morgan fingerprint density at radius 3 is 2.85 bits per heavy atom. The number of nitrogens with one attached hydrogen (secondary N) is 2. The average Bonchev–Trinajstić information content (AvgIpc) is 3.05. The van der Waals surface area contributed by atoms with E-state index in [-0.39, 0.29) is 11.8 Å². The molecule has 0 bridgehead atoms. The van der Waals surface area contributed by atoms with E-state index in [1.54, 1.807) is 24.1 Å². The molecule has 26 heavy (non-hydrogen) atoms. The number of phenols is 1. The molecule has 0 radical (unpaired) electrons. The molecule has 2 amide bonds. The van der Waals surface area contributed by atoms with Crippen molar-refractivity contribution in [2.45, 2.75) is 13.0 Å². The van der Waals surface area contributed by atoms with Gasteiger partial charge < -0.3 is 25.0 Å². The topological polar surface area (TPSA) is 77.6 Å². The number of hydrogen-bond acceptors (Lipinski definition) is 3. The largest absolute Gasteiger partial charge is 0.504 e. The zero-order valence-corrected chi connectivity index (χ0v) is 15.0. The maximum absolute atomic E-state index is 12.3. The van der Waals surface area contributed by atoms with Crippen LogP contribution in [0.4, 0.5) is 4.79 Å². The van der Waals surface area contributed by atoms with Crippen molar-refractivity contribution in [2.75, 3.05) is 20.7 Å². The lowest BCUT2D eigenvalue weighted by atomic mass is 10.1. The van der Waals surface area contributed by atoms with Crippen LogP contribution in [0.1, 0.15) is 11.1 Å². The first-order valence-corrected chi connectivity index (χ1v) is 8.48. The van der Waals surface area contributed by atoms with E-state index in [2.05, 4.69) is 16.4 Å². The zero-order valence-electron chi connectivity index (χ0n) is 15.0. The standard InChI is InChI=1S/C20H23N3O3/c1-23(13-14-7-8-19(26-2)18(24)11-14)20(25)21-10-9-15-12-22-17-6-4-3-5-16(15)17/h3-8,11-12,22,24H,9-10,13H2,1-2H3,(H,21,25). The number of phenolic OH excluding ortho intramolecular Hbond substituents is 1. The minimum absolute atomic E-state index is 0.0677. The number of rotatable bonds is 6. The van der Waals surface area contributed by atoms with Gasteiger partial charge in [0.05, 0.1) is 7.11 Å². The van der Waals surface area contributed by atoms with Crippen LogP contribution in [0.2, 0.25) is 0 Å². The SMILES string of the molecule is COc1ccc(CN(C)C(=O)NCCc2c[nH]c3ccccc23)cc1O. The number of methoxy groups -OCH3 is 1. The fourth-order valence-electron chi connectivity index (χ4n) is 2.96. The number of carbonyl (C=O) groups is 1. The number of benzene rings is 2. The first-order valence-electron chi connectivity index (χ1n) is 8.48. The molecular weight excluding hydrogens is 330 g/mol. The lowest BCUT2D eigenvalue weighted by Crippen LogP contribution is -2.37. The Labute approximate surface area is 152 Å². The summed E-state index contributed by atoms with van der Waals surface area (Å²) in [5.74, 6) is 0.484. The Balaban J connectivity index is 1.52. The molecule has 0 spiro atoms. The third-order valence-corrected chi connectivity index (χ3v) is 4.36. The van der Waals surface area contributed by atoms with Gasteiger partial charge in [0.2, 0.25) is 0 Å². The number of H-pyrrole nitrogens is 1. The monoisotopic (exact) mass is 353 g/mol. The van der Waals surface area contributed by atoms with Gasteiger partial charge in [-0.15, -0.1) is 0 Å². The van der Waals surface area contributed by atoms with Crippen LogP contribution >= 0.6 is 0 Å². The number of ether oxygens (including phenoxy) is 1. The Bertz CT molecular complexity index is 904. The molecule has 1 aromatic heterocycles. The Morgan fingerprint density at radius 2 is 2.08 bits per heavy atom. The molecule has 0 atom stereocenters. The number of para-hydroxylation sites is 1. The van der Waals surface area contributed by atoms with Crippen molar-refractivity contribution in [2.24, 2.45) is 0 Å². The third-order valence-electron chi connectivity index (χ3n) is 4.36. The van der Waals surface area contributed by atoms with Crippen molar-refractivity contribution < 1.29 is 14.6 Å². The van der Waals surface area contributed by atoms with Gasteiger partial charge >= 0.3 is 6.03 Å². The second-order valence-electron chi connectivity index (χ2n) is 6.20. The van der Waals surface area contributed by atoms with Crippen LogP contribution in [0.15, 0.2) is 48.7 Å². The van der Waals surface area contributed by atoms with Crippen LogP contribution in [-0.4, -0.2) is 41.7 Å². The molecule has 136 valence electrons. The molecule has 6 nitrogen and oxygen atoms in total. The summed E-state index contributed by atoms with van der Waals surface area (Å²) in [5, 5.41) is 13.9. The molecule has 0 unspecified atom stereocenters. The molecule has 2 aromatic carbocycles. The van der Waals surface area contributed by atoms with Crippen LogP contribution in [0.3, 0.4) is 0 Å². The molecule has 0 aliphatic carbocycles. The highest BCUT2D eigenvalue weighted by atomic mass is 16.5. The second-order valence-corrected chi connectivity index (χ2v) is 6.20. The van der Waals surface area contributed by atoms with E-state index in [0.29, 0.717) is 18.8 Å². The minimum atomic E-state index is -0.153. The lowest BCUT2D eigenvalue weighted by molar-refractivity contribution is 0.207. The summed E-state index contributed by atoms with van der Waals surface area (Å²) >= 11 is 0. The van der Waals surface area contributed by atoms with E-state index < -0.39 is 0 Å². The highest BCUT2D eigenvalue weighted by Crippen LogP contribution is 2.26. The number of amides is 2. The van der Waals surface area contributed by atoms with Crippen LogP contribution in [0.5, 0.6) is 11.5 Å². The predicted octanol–water partition coefficient (Wildman–Crippen LogP) is 3.27. The van der Waals surface area contributed by atoms with Crippen molar-refractivity contribution in [3.63, 3.8) is 0 Å². The summed E-state index contributed by atoms with van der Waals surface area (Å²) in [7, 11) is 3.23. The molecule has 0 saturated heterocycles. The number of aromatic amines is 1. The van der Waals surface area contributed by atoms with Crippen LogP contribution < -0.4 is 10.1 Å². The van der Waals surface area contributed by atoms with Crippen molar-refractivity contribution >= 4 is 16.9 Å². The Hall–Kier alpha value is -3.15. The zero-order chi connectivity index (χ0) is 18.5. The summed E-state index contributed by atoms with van der Waals surface area (Å²) in [6, 6.07) is 13.1. The number of carbonyl (C=O) groups excluding carboxylic acids is 1. The van der Waals surface area contributed by atoms with E-state index in [1.165, 1.54) is 18.1 Å². The number of nitrogens with zero attached hydrogens (tertiary/aromatic N) is 1. The molecule has 1 heterocycles. The molecule has 0 saturated carbocycles. The first-order chi connectivity index (χ1) is 12.6. The molecule has 0 fully saturated rings. The van der Waals surface area contributed by atoms with Gasteiger partial charge in [-0.1, -0.05) is 24.3 Å². The number of urea groups is 1. The predicted molar refractivity (Wildman–Crippen MR) is 102 cm³/mol. The van der Waals surface area contributed by atoms with E-state index >= 15 is 0 Å². The van der Waals surface area contributed by atoms with E-state index in [1.807, 2.05) is 30.5 Å². The Kier molecular flexibility index (Phi) is 5.31. The highest BCUT2D eigenvalue weighted by molar-refractivity contribution is 5.83. The van der Waals surface area contributed by atoms with Gasteiger partial charge in [0.25, 0.3) is 0 Å². The number of aromatic hydroxyl groups is 1. The fourth-order valence-corrected chi connectivity index (χ4v) is 2.96. The average molecular weight is 353 g/mol. The van der Waals surface area contributed by atoms with Gasteiger partial charge in [-0.25, -0.2) is 4.79 Å². The highest BCUT2D eigenvalue weighted by Gasteiger charge is 2.11. The van der Waals surface area contributed by atoms with Crippen molar-refractivity contribution in [1.82, 2.24) is 15.2 Å². The van der Waals surface area contributed by atoms with Crippen LogP contribution in [0.25, 0.3) is 10.9 Å². The van der Waals surface area contributed by atoms with Gasteiger partial charge in [-0.2, -0.15) is 0 Å². The minimum Gasteiger partial charge on any atom is -0.504 e. The summed E-state index contributed by atoms with van der Waals surface area (Å²) in [6.07, 6.45) is 2.74. The van der Waals surface area contributed by atoms with Gasteiger partial charge in [-0.05, 0) is 35.7 Å². The molecular formula is C20H23N3O3. The maximum Gasteiger partial charge on any atom is 0.317 e. The Morgan fingerprint density at radius 1 is 1.27 bits per heavy atom. The quantitative estimate of drug-likeness (QED) is 0.636. The van der Waals surface area contributed by atoms with Gasteiger partial charge in [0.1, 0.15) is 0 Å². The van der Waals surface area contributed by atoms with Crippen LogP contribution in [0, 0.1) is 0 Å². The fraction of sp³-hybridized carbons (Fsp3) is 0.250. The molecule has 3 N–H and O–H groups in total. The van der Waals surface area contributed by atoms with Gasteiger partial charge in [-0.3, -0.25) is 0 Å². The molecule has 0 aliphatic heterocycles. The van der Waals surface area contributed by atoms with E-state index in [0.717, 1.165) is 17.5 Å². The van der Waals surface area contributed by atoms with Gasteiger partial charge in [0, 0.05) is 37.2 Å². The summed E-state index contributed by atoms with van der Waals surface area (Å²) in [6.45, 7) is 0.954. The summed E-state index contributed by atoms with van der Waals surface area (Å²) in [5.41, 5.74) is 3.12. The normalized spacial score (nSPS) is 10.7. The van der Waals surface area contributed by atoms with Crippen molar-refractivity contribution in [3.8, 4) is 11.5 Å². The van der Waals surface area contributed by atoms with Crippen molar-refractivity contribution in [3.05, 3.63) is 59.8 Å². The third kappa shape index (κ3) is 3.91. The molecule has 0 aliphatic rings. The summed E-state index contributed by atoms with van der Waals surface area (Å²) < 4.78 is 5.03. The first kappa shape index (κ1) is 17.7. The van der Waals surface area contributed by atoms with E-state index in [4.69, 9.17) is 4.74 Å². The smallest absolute Gasteiger partial charge is 0.317 e. The maximum atomic E-state index is 12.3. The molecule has 3 rings (SSSR count). The summed E-state index contributed by atoms with van der Waals surface area (Å²) in [4.78, 5) is 17.1. The number of fused-ring (bicyclic) bond motifs is 1.